The van der Waals surface area contributed by atoms with Crippen LogP contribution in [0.15, 0.2) is 45.6 Å². The fourth-order valence-electron chi connectivity index (χ4n) is 3.99. The van der Waals surface area contributed by atoms with Crippen LogP contribution in [0.25, 0.3) is 11.0 Å². The van der Waals surface area contributed by atoms with E-state index >= 15 is 0 Å². The number of nitrogens with zero attached hydrogens (tertiary/aromatic N) is 1. The summed E-state index contributed by atoms with van der Waals surface area (Å²) in [5.41, 5.74) is 4.26. The summed E-state index contributed by atoms with van der Waals surface area (Å²) in [7, 11) is 1.31. The van der Waals surface area contributed by atoms with Crippen LogP contribution in [-0.2, 0) is 28.9 Å². The number of esters is 1. The average Bonchev–Trinajstić information content (AvgIpc) is 2.76. The van der Waals surface area contributed by atoms with Crippen molar-refractivity contribution in [2.24, 2.45) is 0 Å². The van der Waals surface area contributed by atoms with Crippen molar-refractivity contribution in [3.8, 4) is 5.75 Å². The standard InChI is InChI=1S/C24H25NO5/c1-15-19-11-18-13-25(10-9-17-7-5-4-6-8-17)14-29-22(18)16(2)23(19)30-24(27)20(15)12-21(26)28-3/h4-8,11H,9-10,12-14H2,1-3H3. The van der Waals surface area contributed by atoms with Crippen molar-refractivity contribution >= 4 is 16.9 Å². The lowest BCUT2D eigenvalue weighted by atomic mass is 9.97. The molecule has 0 saturated heterocycles. The van der Waals surface area contributed by atoms with E-state index in [1.165, 1.54) is 12.7 Å². The second-order valence-electron chi connectivity index (χ2n) is 7.67. The third-order valence-electron chi connectivity index (χ3n) is 5.73. The Bertz CT molecular complexity index is 1150. The minimum Gasteiger partial charge on any atom is -0.477 e. The first-order valence-electron chi connectivity index (χ1n) is 10.0. The molecule has 0 spiro atoms. The minimum atomic E-state index is -0.506. The molecule has 1 aliphatic rings. The van der Waals surface area contributed by atoms with Crippen LogP contribution in [0.4, 0.5) is 0 Å². The van der Waals surface area contributed by atoms with Crippen LogP contribution in [-0.4, -0.2) is 31.3 Å². The molecule has 2 heterocycles. The molecule has 0 amide bonds. The van der Waals surface area contributed by atoms with E-state index < -0.39 is 11.6 Å². The van der Waals surface area contributed by atoms with Crippen LogP contribution < -0.4 is 10.4 Å². The maximum absolute atomic E-state index is 12.5. The van der Waals surface area contributed by atoms with E-state index in [0.29, 0.717) is 17.9 Å². The number of fused-ring (bicyclic) bond motifs is 2. The number of hydrogen-bond donors (Lipinski definition) is 0. The third-order valence-corrected chi connectivity index (χ3v) is 5.73. The van der Waals surface area contributed by atoms with Crippen molar-refractivity contribution in [2.45, 2.75) is 33.2 Å². The number of hydrogen-bond acceptors (Lipinski definition) is 6. The zero-order valence-corrected chi connectivity index (χ0v) is 17.5. The minimum absolute atomic E-state index is 0.101. The maximum atomic E-state index is 12.5. The van der Waals surface area contributed by atoms with E-state index in [4.69, 9.17) is 13.9 Å². The molecule has 0 bridgehead atoms. The number of carbonyl (C=O) groups is 1. The van der Waals surface area contributed by atoms with Crippen LogP contribution in [0.3, 0.4) is 0 Å². The third kappa shape index (κ3) is 3.83. The maximum Gasteiger partial charge on any atom is 0.340 e. The number of benzene rings is 2. The molecule has 0 unspecified atom stereocenters. The van der Waals surface area contributed by atoms with Crippen molar-refractivity contribution < 1.29 is 18.7 Å². The predicted octanol–water partition coefficient (Wildman–Crippen LogP) is 3.52. The normalized spacial score (nSPS) is 13.7. The number of rotatable bonds is 5. The van der Waals surface area contributed by atoms with Gasteiger partial charge in [-0.2, -0.15) is 0 Å². The summed E-state index contributed by atoms with van der Waals surface area (Å²) in [6.45, 7) is 5.89. The van der Waals surface area contributed by atoms with Crippen LogP contribution in [0.2, 0.25) is 0 Å². The Labute approximate surface area is 175 Å². The van der Waals surface area contributed by atoms with E-state index in [1.807, 2.05) is 26.0 Å². The van der Waals surface area contributed by atoms with Gasteiger partial charge < -0.3 is 13.9 Å². The number of ether oxygens (including phenoxy) is 2. The first-order valence-corrected chi connectivity index (χ1v) is 10.0. The van der Waals surface area contributed by atoms with Crippen LogP contribution in [0, 0.1) is 13.8 Å². The SMILES string of the molecule is COC(=O)Cc1c(C)c2cc3c(c(C)c2oc1=O)OCN(CCc1ccccc1)C3. The van der Waals surface area contributed by atoms with Crippen LogP contribution >= 0.6 is 0 Å². The topological polar surface area (TPSA) is 69.0 Å². The number of methoxy groups -OCH3 is 1. The Hall–Kier alpha value is -3.12. The molecule has 0 fully saturated rings. The fraction of sp³-hybridized carbons (Fsp3) is 0.333. The Morgan fingerprint density at radius 3 is 2.67 bits per heavy atom. The van der Waals surface area contributed by atoms with Gasteiger partial charge in [-0.3, -0.25) is 9.69 Å². The summed E-state index contributed by atoms with van der Waals surface area (Å²) in [4.78, 5) is 26.5. The number of carbonyl (C=O) groups excluding carboxylic acids is 1. The predicted molar refractivity (Wildman–Crippen MR) is 114 cm³/mol. The lowest BCUT2D eigenvalue weighted by molar-refractivity contribution is -0.139. The molecular formula is C24H25NO5. The molecular weight excluding hydrogens is 382 g/mol. The van der Waals surface area contributed by atoms with Gasteiger partial charge in [0.25, 0.3) is 0 Å². The van der Waals surface area contributed by atoms with Gasteiger partial charge in [-0.1, -0.05) is 30.3 Å². The second-order valence-corrected chi connectivity index (χ2v) is 7.67. The molecule has 2 aromatic carbocycles. The van der Waals surface area contributed by atoms with Gasteiger partial charge in [-0.05, 0) is 37.5 Å². The van der Waals surface area contributed by atoms with Crippen molar-refractivity contribution in [3.63, 3.8) is 0 Å². The van der Waals surface area contributed by atoms with Crippen LogP contribution in [0.1, 0.15) is 27.8 Å². The van der Waals surface area contributed by atoms with Crippen LogP contribution in [0.5, 0.6) is 5.75 Å². The van der Waals surface area contributed by atoms with Crippen molar-refractivity contribution in [3.05, 3.63) is 74.6 Å². The quantitative estimate of drug-likeness (QED) is 0.476. The first-order chi connectivity index (χ1) is 14.5. The molecule has 30 heavy (non-hydrogen) atoms. The zero-order chi connectivity index (χ0) is 21.3. The fourth-order valence-corrected chi connectivity index (χ4v) is 3.99. The highest BCUT2D eigenvalue weighted by atomic mass is 16.5. The molecule has 156 valence electrons. The summed E-state index contributed by atoms with van der Waals surface area (Å²) in [5.74, 6) is 0.316. The van der Waals surface area contributed by atoms with E-state index in [1.54, 1.807) is 0 Å². The van der Waals surface area contributed by atoms with E-state index in [9.17, 15) is 9.59 Å². The Kier molecular flexibility index (Phi) is 5.59. The monoisotopic (exact) mass is 407 g/mol. The molecule has 0 radical (unpaired) electrons. The Morgan fingerprint density at radius 2 is 1.93 bits per heavy atom. The highest BCUT2D eigenvalue weighted by molar-refractivity contribution is 5.88. The van der Waals surface area contributed by atoms with E-state index in [0.717, 1.165) is 47.3 Å². The highest BCUT2D eigenvalue weighted by Gasteiger charge is 2.24. The van der Waals surface area contributed by atoms with Gasteiger partial charge in [0.2, 0.25) is 0 Å². The Balaban J connectivity index is 1.65. The van der Waals surface area contributed by atoms with Gasteiger partial charge in [0.1, 0.15) is 18.1 Å². The van der Waals surface area contributed by atoms with Gasteiger partial charge in [0.15, 0.2) is 0 Å². The van der Waals surface area contributed by atoms with Gasteiger partial charge in [0, 0.05) is 29.6 Å². The van der Waals surface area contributed by atoms with Crippen molar-refractivity contribution in [1.29, 1.82) is 0 Å². The average molecular weight is 407 g/mol. The summed E-state index contributed by atoms with van der Waals surface area (Å²) < 4.78 is 16.4. The Morgan fingerprint density at radius 1 is 1.17 bits per heavy atom. The molecule has 6 heteroatoms. The van der Waals surface area contributed by atoms with Gasteiger partial charge in [-0.15, -0.1) is 0 Å². The number of aryl methyl sites for hydroxylation is 2. The van der Waals surface area contributed by atoms with Gasteiger partial charge in [0.05, 0.1) is 19.1 Å². The molecule has 6 nitrogen and oxygen atoms in total. The molecule has 0 aliphatic carbocycles. The largest absolute Gasteiger partial charge is 0.477 e. The molecule has 1 aromatic heterocycles. The molecule has 3 aromatic rings. The van der Waals surface area contributed by atoms with Gasteiger partial charge >= 0.3 is 11.6 Å². The molecule has 0 N–H and O–H groups in total. The summed E-state index contributed by atoms with van der Waals surface area (Å²) in [5, 5.41) is 0.832. The molecule has 1 aliphatic heterocycles. The van der Waals surface area contributed by atoms with E-state index in [-0.39, 0.29) is 6.42 Å². The zero-order valence-electron chi connectivity index (χ0n) is 17.5. The molecule has 4 rings (SSSR count). The highest BCUT2D eigenvalue weighted by Crippen LogP contribution is 2.36. The smallest absolute Gasteiger partial charge is 0.340 e. The lowest BCUT2D eigenvalue weighted by Gasteiger charge is -2.30. The summed E-state index contributed by atoms with van der Waals surface area (Å²) in [6.07, 6.45) is 0.847. The second kappa shape index (κ2) is 8.32. The molecule has 0 atom stereocenters. The summed E-state index contributed by atoms with van der Waals surface area (Å²) in [6, 6.07) is 12.4. The van der Waals surface area contributed by atoms with E-state index in [2.05, 4.69) is 29.2 Å². The molecule has 0 saturated carbocycles. The van der Waals surface area contributed by atoms with Crippen molar-refractivity contribution in [1.82, 2.24) is 4.90 Å². The lowest BCUT2D eigenvalue weighted by Crippen LogP contribution is -2.34. The van der Waals surface area contributed by atoms with Gasteiger partial charge in [-0.25, -0.2) is 4.79 Å². The van der Waals surface area contributed by atoms with Crippen molar-refractivity contribution in [2.75, 3.05) is 20.4 Å². The first kappa shape index (κ1) is 20.2. The summed E-state index contributed by atoms with van der Waals surface area (Å²) >= 11 is 0.